The van der Waals surface area contributed by atoms with Gasteiger partial charge in [-0.05, 0) is 84.2 Å². The summed E-state index contributed by atoms with van der Waals surface area (Å²) in [4.78, 5) is 9.97. The Morgan fingerprint density at radius 1 is 0.789 bits per heavy atom. The van der Waals surface area contributed by atoms with E-state index >= 15 is 0 Å². The van der Waals surface area contributed by atoms with E-state index in [-0.39, 0.29) is 5.41 Å². The lowest BCUT2D eigenvalue weighted by Gasteiger charge is -2.19. The van der Waals surface area contributed by atoms with E-state index in [4.69, 9.17) is 9.97 Å². The molecule has 0 bridgehead atoms. The summed E-state index contributed by atoms with van der Waals surface area (Å²) in [5.74, 6) is 0. The number of benzene rings is 3. The fraction of sp³-hybridized carbons (Fsp3) is 0.235. The highest BCUT2D eigenvalue weighted by atomic mass is 15.1. The van der Waals surface area contributed by atoms with Gasteiger partial charge < -0.3 is 4.57 Å². The second-order valence-corrected chi connectivity index (χ2v) is 11.5. The van der Waals surface area contributed by atoms with Crippen LogP contribution in [0, 0.1) is 13.8 Å². The lowest BCUT2D eigenvalue weighted by Crippen LogP contribution is -2.10. The monoisotopic (exact) mass is 496 g/mol. The predicted octanol–water partition coefficient (Wildman–Crippen LogP) is 8.74. The first-order chi connectivity index (χ1) is 18.3. The number of imidazole rings is 1. The first kappa shape index (κ1) is 23.0. The van der Waals surface area contributed by atoms with E-state index in [1.54, 1.807) is 0 Å². The SMILES string of the molecule is CCn1c2ccc(C(C)(C)C)cc2c2c(C)c3c(cc(-c4ccccc4)n4c5ncccc5nc34)c(C)c21. The van der Waals surface area contributed by atoms with Crippen molar-refractivity contribution in [3.05, 3.63) is 89.6 Å². The first-order valence-electron chi connectivity index (χ1n) is 13.5. The van der Waals surface area contributed by atoms with Crippen LogP contribution in [0.3, 0.4) is 0 Å². The Morgan fingerprint density at radius 3 is 2.32 bits per heavy atom. The molecule has 3 aromatic carbocycles. The predicted molar refractivity (Wildman–Crippen MR) is 160 cm³/mol. The van der Waals surface area contributed by atoms with Crippen LogP contribution in [-0.2, 0) is 12.0 Å². The number of pyridine rings is 2. The molecule has 38 heavy (non-hydrogen) atoms. The van der Waals surface area contributed by atoms with Crippen molar-refractivity contribution < 1.29 is 0 Å². The van der Waals surface area contributed by atoms with Crippen molar-refractivity contribution in [3.63, 3.8) is 0 Å². The average molecular weight is 497 g/mol. The van der Waals surface area contributed by atoms with Crippen LogP contribution < -0.4 is 0 Å². The van der Waals surface area contributed by atoms with E-state index in [9.17, 15) is 0 Å². The van der Waals surface area contributed by atoms with Crippen molar-refractivity contribution >= 4 is 49.4 Å². The molecule has 0 atom stereocenters. The molecule has 4 heterocycles. The molecule has 7 rings (SSSR count). The molecular weight excluding hydrogens is 464 g/mol. The lowest BCUT2D eigenvalue weighted by atomic mass is 9.86. The normalized spacial score (nSPS) is 12.6. The van der Waals surface area contributed by atoms with Crippen molar-refractivity contribution in [2.75, 3.05) is 0 Å². The maximum Gasteiger partial charge on any atom is 0.164 e. The topological polar surface area (TPSA) is 35.1 Å². The minimum absolute atomic E-state index is 0.0823. The van der Waals surface area contributed by atoms with Crippen LogP contribution in [-0.4, -0.2) is 18.9 Å². The minimum Gasteiger partial charge on any atom is -0.341 e. The van der Waals surface area contributed by atoms with Crippen LogP contribution in [0.5, 0.6) is 0 Å². The highest BCUT2D eigenvalue weighted by molar-refractivity contribution is 6.20. The molecule has 4 heteroatoms. The van der Waals surface area contributed by atoms with Crippen LogP contribution in [0.4, 0.5) is 0 Å². The smallest absolute Gasteiger partial charge is 0.164 e. The molecule has 0 aliphatic heterocycles. The third-order valence-electron chi connectivity index (χ3n) is 8.26. The number of hydrogen-bond donors (Lipinski definition) is 0. The first-order valence-corrected chi connectivity index (χ1v) is 13.5. The van der Waals surface area contributed by atoms with Gasteiger partial charge in [-0.15, -0.1) is 0 Å². The van der Waals surface area contributed by atoms with Crippen LogP contribution in [0.15, 0.2) is 72.9 Å². The molecule has 0 radical (unpaired) electrons. The van der Waals surface area contributed by atoms with E-state index in [1.807, 2.05) is 12.3 Å². The second kappa shape index (κ2) is 7.91. The number of fused-ring (bicyclic) bond motifs is 8. The van der Waals surface area contributed by atoms with Gasteiger partial charge in [-0.1, -0.05) is 57.2 Å². The van der Waals surface area contributed by atoms with Gasteiger partial charge in [0, 0.05) is 34.4 Å². The Morgan fingerprint density at radius 2 is 1.58 bits per heavy atom. The zero-order valence-electron chi connectivity index (χ0n) is 22.9. The van der Waals surface area contributed by atoms with Crippen molar-refractivity contribution in [1.82, 2.24) is 18.9 Å². The summed E-state index contributed by atoms with van der Waals surface area (Å²) in [5, 5.41) is 5.14. The van der Waals surface area contributed by atoms with Crippen molar-refractivity contribution in [3.8, 4) is 11.3 Å². The van der Waals surface area contributed by atoms with E-state index in [0.29, 0.717) is 0 Å². The molecule has 7 aromatic rings. The molecule has 0 spiro atoms. The molecule has 0 aliphatic rings. The van der Waals surface area contributed by atoms with Gasteiger partial charge in [0.1, 0.15) is 11.2 Å². The van der Waals surface area contributed by atoms with Gasteiger partial charge in [0.15, 0.2) is 5.65 Å². The van der Waals surface area contributed by atoms with E-state index < -0.39 is 0 Å². The molecule has 0 aliphatic carbocycles. The Kier molecular flexibility index (Phi) is 4.78. The number of nitrogens with zero attached hydrogens (tertiary/aromatic N) is 4. The fourth-order valence-corrected chi connectivity index (χ4v) is 6.36. The number of rotatable bonds is 2. The summed E-state index contributed by atoms with van der Waals surface area (Å²) in [6.07, 6.45) is 1.86. The Labute approximate surface area is 222 Å². The van der Waals surface area contributed by atoms with Crippen LogP contribution in [0.1, 0.15) is 44.4 Å². The summed E-state index contributed by atoms with van der Waals surface area (Å²) < 4.78 is 4.75. The summed E-state index contributed by atoms with van der Waals surface area (Å²) in [6.45, 7) is 14.6. The molecule has 0 fully saturated rings. The average Bonchev–Trinajstić information content (AvgIpc) is 3.47. The molecule has 0 saturated carbocycles. The largest absolute Gasteiger partial charge is 0.341 e. The summed E-state index contributed by atoms with van der Waals surface area (Å²) in [6, 6.07) is 24.0. The van der Waals surface area contributed by atoms with Gasteiger partial charge in [0.2, 0.25) is 0 Å². The van der Waals surface area contributed by atoms with Gasteiger partial charge in [0.25, 0.3) is 0 Å². The van der Waals surface area contributed by atoms with Gasteiger partial charge in [-0.3, -0.25) is 4.40 Å². The quantitative estimate of drug-likeness (QED) is 0.240. The zero-order valence-corrected chi connectivity index (χ0v) is 22.9. The van der Waals surface area contributed by atoms with Gasteiger partial charge in [0.05, 0.1) is 11.2 Å². The lowest BCUT2D eigenvalue weighted by molar-refractivity contribution is 0.591. The second-order valence-electron chi connectivity index (χ2n) is 11.5. The van der Waals surface area contributed by atoms with Gasteiger partial charge in [-0.25, -0.2) is 9.97 Å². The molecule has 0 amide bonds. The molecule has 4 nitrogen and oxygen atoms in total. The molecule has 4 aromatic heterocycles. The van der Waals surface area contributed by atoms with Gasteiger partial charge in [-0.2, -0.15) is 0 Å². The number of aromatic nitrogens is 4. The van der Waals surface area contributed by atoms with E-state index in [1.165, 1.54) is 49.3 Å². The maximum absolute atomic E-state index is 5.20. The summed E-state index contributed by atoms with van der Waals surface area (Å²) >= 11 is 0. The Hall–Kier alpha value is -4.18. The van der Waals surface area contributed by atoms with Crippen LogP contribution in [0.2, 0.25) is 0 Å². The summed E-state index contributed by atoms with van der Waals surface area (Å²) in [5.41, 5.74) is 11.7. The highest BCUT2D eigenvalue weighted by Crippen LogP contribution is 2.43. The highest BCUT2D eigenvalue weighted by Gasteiger charge is 2.24. The van der Waals surface area contributed by atoms with Crippen LogP contribution in [0.25, 0.3) is 60.6 Å². The Balaban J connectivity index is 1.75. The fourth-order valence-electron chi connectivity index (χ4n) is 6.36. The molecular formula is C34H32N4. The van der Waals surface area contributed by atoms with E-state index in [2.05, 4.69) is 111 Å². The standard InChI is InChI=1S/C34H32N4/c1-7-37-27-16-15-23(34(4,5)6)18-25(27)29-21(3)30-24(20(2)31(29)37)19-28(22-12-9-8-10-13-22)38-32-26(36-33(30)38)14-11-17-35-32/h8-19H,7H2,1-6H3. The molecule has 188 valence electrons. The molecule has 0 N–H and O–H groups in total. The van der Waals surface area contributed by atoms with Gasteiger partial charge >= 0.3 is 0 Å². The molecule has 0 saturated heterocycles. The number of hydrogen-bond acceptors (Lipinski definition) is 2. The van der Waals surface area contributed by atoms with Crippen molar-refractivity contribution in [1.29, 1.82) is 0 Å². The number of aryl methyl sites for hydroxylation is 3. The van der Waals surface area contributed by atoms with Crippen molar-refractivity contribution in [2.45, 2.75) is 53.5 Å². The van der Waals surface area contributed by atoms with Crippen molar-refractivity contribution in [2.24, 2.45) is 0 Å². The maximum atomic E-state index is 5.20. The third-order valence-corrected chi connectivity index (χ3v) is 8.26. The Bertz CT molecular complexity index is 2050. The molecule has 0 unspecified atom stereocenters. The van der Waals surface area contributed by atoms with E-state index in [0.717, 1.165) is 34.6 Å². The third kappa shape index (κ3) is 3.03. The zero-order chi connectivity index (χ0) is 26.3. The minimum atomic E-state index is 0.0823. The van der Waals surface area contributed by atoms with Crippen LogP contribution >= 0.6 is 0 Å². The summed E-state index contributed by atoms with van der Waals surface area (Å²) in [7, 11) is 0.